The van der Waals surface area contributed by atoms with Crippen LogP contribution in [0, 0.1) is 0 Å². The Morgan fingerprint density at radius 2 is 1.07 bits per heavy atom. The van der Waals surface area contributed by atoms with Gasteiger partial charge in [0.05, 0.1) is 11.0 Å². The fourth-order valence-corrected chi connectivity index (χ4v) is 8.81. The quantitative estimate of drug-likeness (QED) is 0.146. The SMILES string of the molecule is CC1(C)c2ccccc2-c2ccc(C/C(=C/c3ccc(-c4ccc5c(c4)c4ccccc4n5-c4ccccc4)cc3)c3ccc(-c4ccccc4)cc3)cc21. The van der Waals surface area contributed by atoms with Crippen LogP contribution in [0.1, 0.15) is 41.7 Å². The Kier molecular flexibility index (Phi) is 7.96. The minimum absolute atomic E-state index is 0.0293. The van der Waals surface area contributed by atoms with E-state index in [2.05, 4.69) is 219 Å². The van der Waals surface area contributed by atoms with Gasteiger partial charge in [-0.25, -0.2) is 0 Å². The number of hydrogen-bond acceptors (Lipinski definition) is 0. The molecule has 262 valence electrons. The molecule has 1 aromatic heterocycles. The molecule has 8 aromatic carbocycles. The lowest BCUT2D eigenvalue weighted by molar-refractivity contribution is 0.659. The van der Waals surface area contributed by atoms with Gasteiger partial charge in [-0.1, -0.05) is 184 Å². The van der Waals surface area contributed by atoms with Gasteiger partial charge in [-0.15, -0.1) is 0 Å². The molecule has 1 nitrogen and oxygen atoms in total. The average molecular weight is 704 g/mol. The first-order valence-corrected chi connectivity index (χ1v) is 19.3. The van der Waals surface area contributed by atoms with E-state index in [0.717, 1.165) is 6.42 Å². The lowest BCUT2D eigenvalue weighted by atomic mass is 9.81. The summed E-state index contributed by atoms with van der Waals surface area (Å²) < 4.78 is 2.37. The van der Waals surface area contributed by atoms with Crippen molar-refractivity contribution in [2.24, 2.45) is 0 Å². The maximum Gasteiger partial charge on any atom is 0.0541 e. The Morgan fingerprint density at radius 1 is 0.473 bits per heavy atom. The average Bonchev–Trinajstić information content (AvgIpc) is 3.69. The zero-order valence-electron chi connectivity index (χ0n) is 31.2. The van der Waals surface area contributed by atoms with Crippen molar-refractivity contribution in [2.45, 2.75) is 25.7 Å². The van der Waals surface area contributed by atoms with Gasteiger partial charge in [0.2, 0.25) is 0 Å². The summed E-state index contributed by atoms with van der Waals surface area (Å²) in [6, 6.07) is 71.1. The topological polar surface area (TPSA) is 4.93 Å². The van der Waals surface area contributed by atoms with E-state index in [1.165, 1.54) is 94.3 Å². The summed E-state index contributed by atoms with van der Waals surface area (Å²) in [7, 11) is 0. The molecule has 1 heterocycles. The number of aromatic nitrogens is 1. The van der Waals surface area contributed by atoms with Crippen LogP contribution < -0.4 is 0 Å². The fourth-order valence-electron chi connectivity index (χ4n) is 8.81. The molecular weight excluding hydrogens is 663 g/mol. The molecule has 0 saturated heterocycles. The van der Waals surface area contributed by atoms with E-state index in [1.54, 1.807) is 0 Å². The van der Waals surface area contributed by atoms with Crippen LogP contribution in [-0.4, -0.2) is 4.57 Å². The maximum absolute atomic E-state index is 2.45. The second-order valence-electron chi connectivity index (χ2n) is 15.4. The first-order valence-electron chi connectivity index (χ1n) is 19.3. The van der Waals surface area contributed by atoms with Crippen LogP contribution in [0.25, 0.3) is 72.5 Å². The molecule has 0 N–H and O–H groups in total. The highest BCUT2D eigenvalue weighted by molar-refractivity contribution is 6.10. The molecule has 0 saturated carbocycles. The molecule has 0 spiro atoms. The minimum Gasteiger partial charge on any atom is -0.309 e. The number of hydrogen-bond donors (Lipinski definition) is 0. The number of rotatable bonds is 7. The molecule has 0 atom stereocenters. The molecule has 0 bridgehead atoms. The van der Waals surface area contributed by atoms with E-state index >= 15 is 0 Å². The van der Waals surface area contributed by atoms with Gasteiger partial charge in [0.15, 0.2) is 0 Å². The summed E-state index contributed by atoms with van der Waals surface area (Å²) in [5.74, 6) is 0. The number of para-hydroxylation sites is 2. The lowest BCUT2D eigenvalue weighted by Gasteiger charge is -2.22. The monoisotopic (exact) mass is 703 g/mol. The van der Waals surface area contributed by atoms with Crippen LogP contribution in [0.2, 0.25) is 0 Å². The summed E-state index contributed by atoms with van der Waals surface area (Å²) in [4.78, 5) is 0. The predicted octanol–water partition coefficient (Wildman–Crippen LogP) is 14.2. The van der Waals surface area contributed by atoms with E-state index in [4.69, 9.17) is 0 Å². The third-order valence-electron chi connectivity index (χ3n) is 11.7. The fraction of sp³-hybridized carbons (Fsp3) is 0.0741. The Labute approximate surface area is 323 Å². The van der Waals surface area contributed by atoms with Crippen molar-refractivity contribution in [1.29, 1.82) is 0 Å². The van der Waals surface area contributed by atoms with E-state index in [0.29, 0.717) is 0 Å². The van der Waals surface area contributed by atoms with Crippen molar-refractivity contribution < 1.29 is 0 Å². The lowest BCUT2D eigenvalue weighted by Crippen LogP contribution is -2.15. The van der Waals surface area contributed by atoms with Crippen LogP contribution in [0.15, 0.2) is 194 Å². The van der Waals surface area contributed by atoms with Crippen molar-refractivity contribution in [1.82, 2.24) is 4.57 Å². The molecule has 1 aliphatic carbocycles. The molecule has 1 heteroatoms. The molecule has 0 unspecified atom stereocenters. The van der Waals surface area contributed by atoms with Gasteiger partial charge in [0, 0.05) is 21.9 Å². The van der Waals surface area contributed by atoms with Crippen LogP contribution >= 0.6 is 0 Å². The molecule has 55 heavy (non-hydrogen) atoms. The van der Waals surface area contributed by atoms with Crippen molar-refractivity contribution >= 4 is 33.5 Å². The molecule has 0 aliphatic heterocycles. The van der Waals surface area contributed by atoms with E-state index < -0.39 is 0 Å². The third kappa shape index (κ3) is 5.81. The Bertz CT molecular complexity index is 2870. The van der Waals surface area contributed by atoms with Gasteiger partial charge < -0.3 is 4.57 Å². The van der Waals surface area contributed by atoms with Gasteiger partial charge in [0.1, 0.15) is 0 Å². The predicted molar refractivity (Wildman–Crippen MR) is 234 cm³/mol. The third-order valence-corrected chi connectivity index (χ3v) is 11.7. The normalized spacial score (nSPS) is 13.2. The van der Waals surface area contributed by atoms with Gasteiger partial charge in [-0.2, -0.15) is 0 Å². The highest BCUT2D eigenvalue weighted by atomic mass is 15.0. The Morgan fingerprint density at radius 3 is 1.87 bits per heavy atom. The zero-order chi connectivity index (χ0) is 36.9. The number of fused-ring (bicyclic) bond motifs is 6. The number of nitrogens with zero attached hydrogens (tertiary/aromatic N) is 1. The summed E-state index contributed by atoms with van der Waals surface area (Å²) in [5, 5.41) is 2.53. The summed E-state index contributed by atoms with van der Waals surface area (Å²) in [6.45, 7) is 4.72. The highest BCUT2D eigenvalue weighted by Crippen LogP contribution is 2.49. The van der Waals surface area contributed by atoms with Crippen LogP contribution in [0.5, 0.6) is 0 Å². The summed E-state index contributed by atoms with van der Waals surface area (Å²) in [5.41, 5.74) is 19.1. The van der Waals surface area contributed by atoms with E-state index in [9.17, 15) is 0 Å². The van der Waals surface area contributed by atoms with Crippen LogP contribution in [0.3, 0.4) is 0 Å². The first kappa shape index (κ1) is 32.9. The van der Waals surface area contributed by atoms with Crippen LogP contribution in [0.4, 0.5) is 0 Å². The molecule has 9 aromatic rings. The van der Waals surface area contributed by atoms with Crippen LogP contribution in [-0.2, 0) is 11.8 Å². The second-order valence-corrected chi connectivity index (χ2v) is 15.4. The first-order chi connectivity index (χ1) is 27.0. The van der Waals surface area contributed by atoms with Crippen molar-refractivity contribution in [3.8, 4) is 39.1 Å². The molecular formula is C54H41N. The molecule has 1 aliphatic rings. The Hall–Kier alpha value is -6.70. The van der Waals surface area contributed by atoms with Gasteiger partial charge in [0.25, 0.3) is 0 Å². The summed E-state index contributed by atoms with van der Waals surface area (Å²) in [6.07, 6.45) is 3.22. The number of allylic oxidation sites excluding steroid dienone is 1. The smallest absolute Gasteiger partial charge is 0.0541 e. The van der Waals surface area contributed by atoms with Gasteiger partial charge in [-0.3, -0.25) is 0 Å². The van der Waals surface area contributed by atoms with Crippen molar-refractivity contribution in [2.75, 3.05) is 0 Å². The second kappa shape index (κ2) is 13.3. The van der Waals surface area contributed by atoms with E-state index in [1.807, 2.05) is 0 Å². The van der Waals surface area contributed by atoms with Gasteiger partial charge in [-0.05, 0) is 104 Å². The largest absolute Gasteiger partial charge is 0.309 e. The molecule has 0 fully saturated rings. The molecule has 0 amide bonds. The van der Waals surface area contributed by atoms with E-state index in [-0.39, 0.29) is 5.41 Å². The highest BCUT2D eigenvalue weighted by Gasteiger charge is 2.35. The maximum atomic E-state index is 2.45. The molecule has 0 radical (unpaired) electrons. The zero-order valence-corrected chi connectivity index (χ0v) is 31.2. The number of benzene rings is 8. The Balaban J connectivity index is 1.01. The standard InChI is InChI=1S/C54H41N/c1-54(2)50-19-11-9-17-46(50)47-31-23-38(35-51(47)54)34-44(42-28-26-40(27-29-42)39-13-5-3-6-14-39)33-37-21-24-41(25-22-37)43-30-32-53-49(36-43)48-18-10-12-20-52(48)55(53)45-15-7-4-8-16-45/h3-33,35-36H,34H2,1-2H3/b44-33-. The molecule has 10 rings (SSSR count). The summed E-state index contributed by atoms with van der Waals surface area (Å²) >= 11 is 0. The van der Waals surface area contributed by atoms with Crippen molar-refractivity contribution in [3.05, 3.63) is 222 Å². The van der Waals surface area contributed by atoms with Crippen molar-refractivity contribution in [3.63, 3.8) is 0 Å². The minimum atomic E-state index is -0.0293. The van der Waals surface area contributed by atoms with Gasteiger partial charge >= 0.3 is 0 Å².